The minimum atomic E-state index is -1.05. The van der Waals surface area contributed by atoms with Gasteiger partial charge >= 0.3 is 0 Å². The van der Waals surface area contributed by atoms with Gasteiger partial charge in [-0.2, -0.15) is 0 Å². The topological polar surface area (TPSA) is 46.5 Å². The summed E-state index contributed by atoms with van der Waals surface area (Å²) in [5.74, 6) is -1.94. The number of phenolic OH excluding ortho intramolecular Hbond substituents is 1. The summed E-state index contributed by atoms with van der Waals surface area (Å²) in [6.07, 6.45) is 0. The van der Waals surface area contributed by atoms with Gasteiger partial charge in [-0.1, -0.05) is 34.8 Å². The Hall–Kier alpha value is -1.79. The first kappa shape index (κ1) is 19.0. The number of rotatable bonds is 4. The van der Waals surface area contributed by atoms with Crippen LogP contribution in [0.2, 0.25) is 15.1 Å². The second kappa shape index (κ2) is 7.45. The molecule has 3 aromatic rings. The SMILES string of the molecule is COc1c(Cl)cc(-c2ccc(C(=O)c3c(Cl)ccc(O)c3F)s2)cc1Cl. The summed E-state index contributed by atoms with van der Waals surface area (Å²) in [7, 11) is 1.46. The smallest absolute Gasteiger partial charge is 0.207 e. The number of hydrogen-bond donors (Lipinski definition) is 1. The highest BCUT2D eigenvalue weighted by atomic mass is 35.5. The van der Waals surface area contributed by atoms with Crippen molar-refractivity contribution in [3.05, 3.63) is 67.7 Å². The fourth-order valence-corrected chi connectivity index (χ4v) is 4.20. The highest BCUT2D eigenvalue weighted by molar-refractivity contribution is 7.17. The molecule has 1 N–H and O–H groups in total. The van der Waals surface area contributed by atoms with Crippen LogP contribution >= 0.6 is 46.1 Å². The molecule has 0 aliphatic carbocycles. The van der Waals surface area contributed by atoms with Gasteiger partial charge < -0.3 is 9.84 Å². The lowest BCUT2D eigenvalue weighted by molar-refractivity contribution is 0.103. The Morgan fingerprint density at radius 2 is 1.73 bits per heavy atom. The minimum Gasteiger partial charge on any atom is -0.505 e. The van der Waals surface area contributed by atoms with Crippen LogP contribution in [-0.2, 0) is 0 Å². The number of phenols is 1. The average molecular weight is 432 g/mol. The predicted octanol–water partition coefficient (Wildman–Crippen LogP) is 6.46. The number of methoxy groups -OCH3 is 1. The van der Waals surface area contributed by atoms with E-state index in [2.05, 4.69) is 0 Å². The summed E-state index contributed by atoms with van der Waals surface area (Å²) in [6.45, 7) is 0. The number of halogens is 4. The maximum absolute atomic E-state index is 14.1. The number of ether oxygens (including phenoxy) is 1. The zero-order chi connectivity index (χ0) is 19.0. The van der Waals surface area contributed by atoms with Gasteiger partial charge in [0.2, 0.25) is 5.78 Å². The highest BCUT2D eigenvalue weighted by Gasteiger charge is 2.22. The molecule has 0 aliphatic heterocycles. The van der Waals surface area contributed by atoms with E-state index in [4.69, 9.17) is 39.5 Å². The second-order valence-electron chi connectivity index (χ2n) is 5.22. The van der Waals surface area contributed by atoms with E-state index in [9.17, 15) is 14.3 Å². The first-order valence-corrected chi connectivity index (χ1v) is 9.13. The van der Waals surface area contributed by atoms with Crippen molar-refractivity contribution in [2.45, 2.75) is 0 Å². The lowest BCUT2D eigenvalue weighted by atomic mass is 10.1. The lowest BCUT2D eigenvalue weighted by Gasteiger charge is -2.07. The lowest BCUT2D eigenvalue weighted by Crippen LogP contribution is -2.03. The number of ketones is 1. The standard InChI is InChI=1S/C18H10Cl3FO3S/c1-25-18-10(20)6-8(7-11(18)21)13-4-5-14(26-13)17(24)15-9(19)2-3-12(23)16(15)22/h2-7,23H,1H3. The van der Waals surface area contributed by atoms with Crippen LogP contribution in [0.4, 0.5) is 4.39 Å². The summed E-state index contributed by atoms with van der Waals surface area (Å²) < 4.78 is 19.2. The zero-order valence-electron chi connectivity index (χ0n) is 13.1. The van der Waals surface area contributed by atoms with Crippen LogP contribution < -0.4 is 4.74 Å². The molecule has 0 saturated heterocycles. The molecule has 0 radical (unpaired) electrons. The third-order valence-electron chi connectivity index (χ3n) is 3.61. The second-order valence-corrected chi connectivity index (χ2v) is 7.53. The maximum atomic E-state index is 14.1. The van der Waals surface area contributed by atoms with Gasteiger partial charge in [-0.3, -0.25) is 4.79 Å². The molecule has 134 valence electrons. The van der Waals surface area contributed by atoms with Gasteiger partial charge in [0.1, 0.15) is 0 Å². The third-order valence-corrected chi connectivity index (χ3v) is 5.62. The van der Waals surface area contributed by atoms with Crippen LogP contribution in [0.5, 0.6) is 11.5 Å². The molecule has 3 rings (SSSR count). The monoisotopic (exact) mass is 430 g/mol. The van der Waals surface area contributed by atoms with E-state index >= 15 is 0 Å². The molecule has 2 aromatic carbocycles. The van der Waals surface area contributed by atoms with Crippen LogP contribution in [0.25, 0.3) is 10.4 Å². The molecule has 0 spiro atoms. The number of hydrogen-bond acceptors (Lipinski definition) is 4. The van der Waals surface area contributed by atoms with Gasteiger partial charge in [0.05, 0.1) is 32.6 Å². The van der Waals surface area contributed by atoms with E-state index in [1.165, 1.54) is 13.2 Å². The van der Waals surface area contributed by atoms with Crippen LogP contribution in [0, 0.1) is 5.82 Å². The van der Waals surface area contributed by atoms with Gasteiger partial charge in [0.15, 0.2) is 17.3 Å². The van der Waals surface area contributed by atoms with Crippen LogP contribution in [0.15, 0.2) is 36.4 Å². The summed E-state index contributed by atoms with van der Waals surface area (Å²) in [6, 6.07) is 8.93. The molecule has 26 heavy (non-hydrogen) atoms. The first-order chi connectivity index (χ1) is 12.3. The van der Waals surface area contributed by atoms with Crippen LogP contribution in [-0.4, -0.2) is 18.0 Å². The van der Waals surface area contributed by atoms with Gasteiger partial charge in [-0.05, 0) is 42.0 Å². The van der Waals surface area contributed by atoms with Gasteiger partial charge in [-0.15, -0.1) is 11.3 Å². The van der Waals surface area contributed by atoms with Crippen molar-refractivity contribution in [3.8, 4) is 21.9 Å². The molecule has 0 saturated carbocycles. The van der Waals surface area contributed by atoms with Crippen molar-refractivity contribution in [1.82, 2.24) is 0 Å². The molecule has 0 aliphatic rings. The molecule has 0 bridgehead atoms. The summed E-state index contributed by atoms with van der Waals surface area (Å²) >= 11 is 19.3. The Bertz CT molecular complexity index is 994. The van der Waals surface area contributed by atoms with E-state index in [1.807, 2.05) is 0 Å². The van der Waals surface area contributed by atoms with E-state index in [0.717, 1.165) is 17.4 Å². The molecule has 1 aromatic heterocycles. The van der Waals surface area contributed by atoms with Crippen molar-refractivity contribution in [2.75, 3.05) is 7.11 Å². The van der Waals surface area contributed by atoms with Gasteiger partial charge in [0.25, 0.3) is 0 Å². The number of carbonyl (C=O) groups excluding carboxylic acids is 1. The zero-order valence-corrected chi connectivity index (χ0v) is 16.2. The highest BCUT2D eigenvalue weighted by Crippen LogP contribution is 2.40. The fourth-order valence-electron chi connectivity index (χ4n) is 2.39. The Morgan fingerprint density at radius 1 is 1.08 bits per heavy atom. The number of aromatic hydroxyl groups is 1. The molecule has 1 heterocycles. The van der Waals surface area contributed by atoms with E-state index in [-0.39, 0.29) is 15.5 Å². The number of benzene rings is 2. The van der Waals surface area contributed by atoms with E-state index in [0.29, 0.717) is 26.2 Å². The number of thiophene rings is 1. The molecule has 0 unspecified atom stereocenters. The Morgan fingerprint density at radius 3 is 2.35 bits per heavy atom. The normalized spacial score (nSPS) is 10.8. The Labute approximate surface area is 167 Å². The molecule has 3 nitrogen and oxygen atoms in total. The van der Waals surface area contributed by atoms with Crippen molar-refractivity contribution >= 4 is 51.9 Å². The quantitative estimate of drug-likeness (QED) is 0.482. The average Bonchev–Trinajstić information content (AvgIpc) is 3.08. The van der Waals surface area contributed by atoms with Gasteiger partial charge in [0, 0.05) is 4.88 Å². The minimum absolute atomic E-state index is 0.0733. The van der Waals surface area contributed by atoms with Crippen molar-refractivity contribution in [3.63, 3.8) is 0 Å². The number of carbonyl (C=O) groups is 1. The largest absolute Gasteiger partial charge is 0.505 e. The molecule has 0 atom stereocenters. The first-order valence-electron chi connectivity index (χ1n) is 7.18. The van der Waals surface area contributed by atoms with E-state index in [1.54, 1.807) is 24.3 Å². The van der Waals surface area contributed by atoms with Crippen LogP contribution in [0.1, 0.15) is 15.2 Å². The summed E-state index contributed by atoms with van der Waals surface area (Å²) in [5.41, 5.74) is 0.318. The van der Waals surface area contributed by atoms with Crippen molar-refractivity contribution in [1.29, 1.82) is 0 Å². The Kier molecular flexibility index (Phi) is 5.44. The molecule has 8 heteroatoms. The molecular formula is C18H10Cl3FO3S. The molecule has 0 fully saturated rings. The molecular weight excluding hydrogens is 422 g/mol. The molecule has 0 amide bonds. The van der Waals surface area contributed by atoms with E-state index < -0.39 is 17.3 Å². The van der Waals surface area contributed by atoms with Crippen molar-refractivity contribution < 1.29 is 19.0 Å². The maximum Gasteiger partial charge on any atom is 0.207 e. The van der Waals surface area contributed by atoms with Gasteiger partial charge in [-0.25, -0.2) is 4.39 Å². The third kappa shape index (κ3) is 3.40. The predicted molar refractivity (Wildman–Crippen MR) is 103 cm³/mol. The van der Waals surface area contributed by atoms with Crippen molar-refractivity contribution in [2.24, 2.45) is 0 Å². The Balaban J connectivity index is 2.01. The summed E-state index contributed by atoms with van der Waals surface area (Å²) in [4.78, 5) is 13.6. The van der Waals surface area contributed by atoms with Crippen LogP contribution in [0.3, 0.4) is 0 Å². The summed E-state index contributed by atoms with van der Waals surface area (Å²) in [5, 5.41) is 10.1. The fraction of sp³-hybridized carbons (Fsp3) is 0.0556.